The van der Waals surface area contributed by atoms with E-state index in [0.29, 0.717) is 23.6 Å². The number of sulfonamides is 1. The fraction of sp³-hybridized carbons (Fsp3) is 0.462. The third-order valence-electron chi connectivity index (χ3n) is 3.22. The van der Waals surface area contributed by atoms with Gasteiger partial charge in [0.1, 0.15) is 0 Å². The lowest BCUT2D eigenvalue weighted by Crippen LogP contribution is -2.42. The predicted octanol–water partition coefficient (Wildman–Crippen LogP) is 0.715. The lowest BCUT2D eigenvalue weighted by atomic mass is 10.2. The summed E-state index contributed by atoms with van der Waals surface area (Å²) in [7, 11) is -3.38. The van der Waals surface area contributed by atoms with E-state index < -0.39 is 10.0 Å². The quantitative estimate of drug-likeness (QED) is 0.801. The minimum Gasteiger partial charge on any atom is -0.329 e. The largest absolute Gasteiger partial charge is 0.329 e. The lowest BCUT2D eigenvalue weighted by molar-refractivity contribution is 0.518. The van der Waals surface area contributed by atoms with Crippen LogP contribution in [0.25, 0.3) is 0 Å². The van der Waals surface area contributed by atoms with E-state index in [1.165, 1.54) is 0 Å². The van der Waals surface area contributed by atoms with E-state index in [-0.39, 0.29) is 11.8 Å². The predicted molar refractivity (Wildman–Crippen MR) is 72.5 cm³/mol. The number of nitrogens with two attached hydrogens (primary N) is 1. The van der Waals surface area contributed by atoms with Gasteiger partial charge in [-0.2, -0.15) is 5.26 Å². The van der Waals surface area contributed by atoms with Crippen molar-refractivity contribution in [2.75, 3.05) is 6.54 Å². The van der Waals surface area contributed by atoms with E-state index in [4.69, 9.17) is 11.0 Å². The molecule has 0 amide bonds. The normalized spacial score (nSPS) is 16.8. The zero-order valence-electron chi connectivity index (χ0n) is 10.5. The molecule has 0 heterocycles. The molecule has 1 fully saturated rings. The number of benzene rings is 1. The molecule has 1 saturated carbocycles. The number of nitrogens with one attached hydrogen (secondary N) is 1. The second-order valence-electron chi connectivity index (χ2n) is 4.87. The van der Waals surface area contributed by atoms with E-state index in [0.717, 1.165) is 12.8 Å². The smallest absolute Gasteiger partial charge is 0.216 e. The average Bonchev–Trinajstić information content (AvgIpc) is 3.21. The minimum absolute atomic E-state index is 0.0814. The Morgan fingerprint density at radius 3 is 2.47 bits per heavy atom. The first-order chi connectivity index (χ1) is 9.04. The van der Waals surface area contributed by atoms with Crippen LogP contribution in [0.1, 0.15) is 24.0 Å². The summed E-state index contributed by atoms with van der Waals surface area (Å²) in [4.78, 5) is 0. The third-order valence-corrected chi connectivity index (χ3v) is 4.59. The van der Waals surface area contributed by atoms with Crippen LogP contribution in [0.5, 0.6) is 0 Å². The molecule has 102 valence electrons. The van der Waals surface area contributed by atoms with E-state index in [9.17, 15) is 8.42 Å². The summed E-state index contributed by atoms with van der Waals surface area (Å²) in [5.41, 5.74) is 6.77. The number of nitrogens with zero attached hydrogens (tertiary/aromatic N) is 1. The minimum atomic E-state index is -3.38. The maximum Gasteiger partial charge on any atom is 0.216 e. The number of nitriles is 1. The van der Waals surface area contributed by atoms with Crippen LogP contribution >= 0.6 is 0 Å². The van der Waals surface area contributed by atoms with Crippen LogP contribution in [0, 0.1) is 17.2 Å². The van der Waals surface area contributed by atoms with Gasteiger partial charge in [0.05, 0.1) is 17.4 Å². The molecular formula is C13H17N3O2S. The summed E-state index contributed by atoms with van der Waals surface area (Å²) in [5.74, 6) is 0.308. The van der Waals surface area contributed by atoms with E-state index in [1.807, 2.05) is 6.07 Å². The van der Waals surface area contributed by atoms with Crippen molar-refractivity contribution >= 4 is 10.0 Å². The van der Waals surface area contributed by atoms with Gasteiger partial charge >= 0.3 is 0 Å². The second-order valence-corrected chi connectivity index (χ2v) is 6.62. The number of hydrogen-bond acceptors (Lipinski definition) is 4. The molecule has 0 spiro atoms. The number of hydrogen-bond donors (Lipinski definition) is 2. The molecule has 1 aliphatic carbocycles. The number of rotatable bonds is 6. The molecule has 6 heteroatoms. The molecular weight excluding hydrogens is 262 g/mol. The van der Waals surface area contributed by atoms with Crippen LogP contribution < -0.4 is 10.5 Å². The van der Waals surface area contributed by atoms with E-state index in [1.54, 1.807) is 24.3 Å². The molecule has 0 aliphatic heterocycles. The van der Waals surface area contributed by atoms with Gasteiger partial charge in [-0.3, -0.25) is 0 Å². The highest BCUT2D eigenvalue weighted by molar-refractivity contribution is 7.88. The van der Waals surface area contributed by atoms with E-state index >= 15 is 0 Å². The summed E-state index contributed by atoms with van der Waals surface area (Å²) < 4.78 is 26.7. The Kier molecular flexibility index (Phi) is 4.20. The Hall–Kier alpha value is -1.42. The summed E-state index contributed by atoms with van der Waals surface area (Å²) >= 11 is 0. The van der Waals surface area contributed by atoms with E-state index in [2.05, 4.69) is 4.72 Å². The van der Waals surface area contributed by atoms with Gasteiger partial charge in [-0.1, -0.05) is 12.1 Å². The molecule has 1 unspecified atom stereocenters. The Morgan fingerprint density at radius 1 is 1.37 bits per heavy atom. The van der Waals surface area contributed by atoms with Crippen LogP contribution in [-0.2, 0) is 15.8 Å². The molecule has 1 aliphatic rings. The van der Waals surface area contributed by atoms with Gasteiger partial charge in [0, 0.05) is 12.6 Å². The van der Waals surface area contributed by atoms with Crippen molar-refractivity contribution < 1.29 is 8.42 Å². The highest BCUT2D eigenvalue weighted by atomic mass is 32.2. The molecule has 0 aromatic heterocycles. The molecule has 19 heavy (non-hydrogen) atoms. The zero-order valence-corrected chi connectivity index (χ0v) is 11.4. The third kappa shape index (κ3) is 4.03. The Morgan fingerprint density at radius 2 is 2.00 bits per heavy atom. The SMILES string of the molecule is N#Cc1ccc(CS(=O)(=O)NC(CN)C2CC2)cc1. The summed E-state index contributed by atoms with van der Waals surface area (Å²) in [5, 5.41) is 8.69. The zero-order chi connectivity index (χ0) is 13.9. The van der Waals surface area contributed by atoms with Crippen molar-refractivity contribution in [2.45, 2.75) is 24.6 Å². The summed E-state index contributed by atoms with van der Waals surface area (Å²) in [6, 6.07) is 8.40. The monoisotopic (exact) mass is 279 g/mol. The fourth-order valence-corrected chi connectivity index (χ4v) is 3.47. The van der Waals surface area contributed by atoms with Crippen molar-refractivity contribution in [3.8, 4) is 6.07 Å². The Balaban J connectivity index is 2.01. The average molecular weight is 279 g/mol. The van der Waals surface area contributed by atoms with Crippen molar-refractivity contribution in [1.82, 2.24) is 4.72 Å². The molecule has 1 atom stereocenters. The van der Waals surface area contributed by atoms with Gasteiger partial charge in [0.25, 0.3) is 0 Å². The molecule has 0 saturated heterocycles. The molecule has 3 N–H and O–H groups in total. The maximum absolute atomic E-state index is 12.0. The first kappa shape index (κ1) is 14.0. The Labute approximate surface area is 113 Å². The van der Waals surface area contributed by atoms with Gasteiger partial charge < -0.3 is 5.73 Å². The maximum atomic E-state index is 12.0. The van der Waals surface area contributed by atoms with Crippen LogP contribution in [0.4, 0.5) is 0 Å². The van der Waals surface area contributed by atoms with Crippen molar-refractivity contribution in [3.05, 3.63) is 35.4 Å². The lowest BCUT2D eigenvalue weighted by Gasteiger charge is -2.16. The molecule has 0 radical (unpaired) electrons. The van der Waals surface area contributed by atoms with Crippen molar-refractivity contribution in [1.29, 1.82) is 5.26 Å². The van der Waals surface area contributed by atoms with Crippen molar-refractivity contribution in [3.63, 3.8) is 0 Å². The highest BCUT2D eigenvalue weighted by Gasteiger charge is 2.32. The molecule has 1 aromatic carbocycles. The molecule has 5 nitrogen and oxygen atoms in total. The summed E-state index contributed by atoms with van der Waals surface area (Å²) in [6.07, 6.45) is 2.09. The van der Waals surface area contributed by atoms with Crippen LogP contribution in [0.2, 0.25) is 0 Å². The van der Waals surface area contributed by atoms with Crippen LogP contribution in [0.3, 0.4) is 0 Å². The van der Waals surface area contributed by atoms with Gasteiger partial charge in [-0.25, -0.2) is 13.1 Å². The first-order valence-corrected chi connectivity index (χ1v) is 7.88. The summed E-state index contributed by atoms with van der Waals surface area (Å²) in [6.45, 7) is 0.331. The van der Waals surface area contributed by atoms with Crippen LogP contribution in [0.15, 0.2) is 24.3 Å². The van der Waals surface area contributed by atoms with Gasteiger partial charge in [0.2, 0.25) is 10.0 Å². The molecule has 2 rings (SSSR count). The second kappa shape index (κ2) is 5.70. The van der Waals surface area contributed by atoms with Crippen LogP contribution in [-0.4, -0.2) is 21.0 Å². The van der Waals surface area contributed by atoms with Crippen molar-refractivity contribution in [2.24, 2.45) is 11.7 Å². The van der Waals surface area contributed by atoms with Gasteiger partial charge in [0.15, 0.2) is 0 Å². The molecule has 0 bridgehead atoms. The van der Waals surface area contributed by atoms with Gasteiger partial charge in [-0.15, -0.1) is 0 Å². The standard InChI is InChI=1S/C13H17N3O2S/c14-7-10-1-3-11(4-2-10)9-19(17,18)16-13(8-15)12-5-6-12/h1-4,12-13,16H,5-6,8-9,15H2. The van der Waals surface area contributed by atoms with Gasteiger partial charge in [-0.05, 0) is 36.5 Å². The first-order valence-electron chi connectivity index (χ1n) is 6.23. The molecule has 1 aromatic rings. The highest BCUT2D eigenvalue weighted by Crippen LogP contribution is 2.32. The fourth-order valence-electron chi connectivity index (χ4n) is 2.00. The topological polar surface area (TPSA) is 96.0 Å². The Bertz CT molecular complexity index is 571.